The van der Waals surface area contributed by atoms with Crippen molar-refractivity contribution in [3.05, 3.63) is 0 Å². The van der Waals surface area contributed by atoms with Crippen LogP contribution in [-0.2, 0) is 9.59 Å². The molecule has 0 heterocycles. The number of nitrogens with one attached hydrogen (secondary N) is 2. The first-order chi connectivity index (χ1) is 4.61. The predicted octanol–water partition coefficient (Wildman–Crippen LogP) is -0.0421. The van der Waals surface area contributed by atoms with Gasteiger partial charge in [-0.15, -0.1) is 0 Å². The summed E-state index contributed by atoms with van der Waals surface area (Å²) in [6.07, 6.45) is -0.0498. The molecule has 52 valence electrons. The smallest absolute Gasteiger partial charge is 0.242 e. The second-order valence-corrected chi connectivity index (χ2v) is 2.19. The van der Waals surface area contributed by atoms with Gasteiger partial charge in [-0.2, -0.15) is 0 Å². The van der Waals surface area contributed by atoms with Crippen molar-refractivity contribution in [1.29, 1.82) is 10.8 Å². The number of carbonyl (C=O) groups is 2. The number of rotatable bonds is 0. The van der Waals surface area contributed by atoms with Crippen molar-refractivity contribution in [3.8, 4) is 0 Å². The lowest BCUT2D eigenvalue weighted by molar-refractivity contribution is -0.132. The van der Waals surface area contributed by atoms with Crippen LogP contribution in [0.25, 0.3) is 0 Å². The molecule has 0 aromatic carbocycles. The molecule has 0 bridgehead atoms. The van der Waals surface area contributed by atoms with E-state index in [0.29, 0.717) is 0 Å². The minimum Gasteiger partial charge on any atom is -0.309 e. The Hall–Kier alpha value is -1.32. The number of hydrogen-bond donors (Lipinski definition) is 2. The van der Waals surface area contributed by atoms with Crippen LogP contribution in [0.2, 0.25) is 0 Å². The van der Waals surface area contributed by atoms with Gasteiger partial charge in [-0.25, -0.2) is 0 Å². The molecule has 1 fully saturated rings. The second kappa shape index (κ2) is 2.13. The molecular formula is C6H6N2O2. The van der Waals surface area contributed by atoms with Crippen LogP contribution in [0, 0.1) is 10.8 Å². The van der Waals surface area contributed by atoms with Crippen molar-refractivity contribution in [1.82, 2.24) is 0 Å². The molecule has 1 saturated carbocycles. The summed E-state index contributed by atoms with van der Waals surface area (Å²) >= 11 is 0. The van der Waals surface area contributed by atoms with Gasteiger partial charge in [0.2, 0.25) is 11.6 Å². The Morgan fingerprint density at radius 2 is 1.70 bits per heavy atom. The highest BCUT2D eigenvalue weighted by Crippen LogP contribution is 2.03. The maximum atomic E-state index is 10.6. The minimum atomic E-state index is -0.726. The fraction of sp³-hybridized carbons (Fsp3) is 0.333. The Labute approximate surface area is 57.3 Å². The topological polar surface area (TPSA) is 81.8 Å². The molecule has 0 unspecified atom stereocenters. The first-order valence-corrected chi connectivity index (χ1v) is 2.82. The Balaban J connectivity index is 2.86. The third kappa shape index (κ3) is 1.00. The molecule has 0 aromatic heterocycles. The largest absolute Gasteiger partial charge is 0.309 e. The molecule has 0 aromatic rings. The highest BCUT2D eigenvalue weighted by atomic mass is 16.2. The molecule has 0 atom stereocenters. The summed E-state index contributed by atoms with van der Waals surface area (Å²) in [7, 11) is 0. The second-order valence-electron chi connectivity index (χ2n) is 2.19. The van der Waals surface area contributed by atoms with Gasteiger partial charge in [-0.1, -0.05) is 0 Å². The molecule has 2 N–H and O–H groups in total. The van der Waals surface area contributed by atoms with Crippen LogP contribution in [-0.4, -0.2) is 23.0 Å². The van der Waals surface area contributed by atoms with Crippen molar-refractivity contribution >= 4 is 23.0 Å². The molecule has 0 spiro atoms. The monoisotopic (exact) mass is 138 g/mol. The van der Waals surface area contributed by atoms with Crippen LogP contribution in [0.15, 0.2) is 0 Å². The van der Waals surface area contributed by atoms with E-state index < -0.39 is 11.6 Å². The molecule has 1 aliphatic carbocycles. The number of ketones is 2. The van der Waals surface area contributed by atoms with Gasteiger partial charge >= 0.3 is 0 Å². The maximum Gasteiger partial charge on any atom is 0.242 e. The quantitative estimate of drug-likeness (QED) is 0.460. The van der Waals surface area contributed by atoms with Crippen LogP contribution < -0.4 is 0 Å². The Morgan fingerprint density at radius 1 is 1.10 bits per heavy atom. The van der Waals surface area contributed by atoms with Crippen molar-refractivity contribution in [3.63, 3.8) is 0 Å². The first-order valence-electron chi connectivity index (χ1n) is 2.82. The van der Waals surface area contributed by atoms with E-state index in [4.69, 9.17) is 10.8 Å². The molecule has 0 aliphatic heterocycles. The van der Waals surface area contributed by atoms with Gasteiger partial charge in [0, 0.05) is 12.1 Å². The number of Topliss-reactive ketones (excluding diaryl/α,β-unsaturated/α-hetero) is 2. The zero-order chi connectivity index (χ0) is 7.72. The van der Waals surface area contributed by atoms with Crippen LogP contribution in [0.4, 0.5) is 0 Å². The van der Waals surface area contributed by atoms with Crippen molar-refractivity contribution < 1.29 is 9.59 Å². The lowest BCUT2D eigenvalue weighted by Gasteiger charge is -2.08. The van der Waals surface area contributed by atoms with E-state index in [9.17, 15) is 9.59 Å². The Kier molecular flexibility index (Phi) is 1.45. The van der Waals surface area contributed by atoms with Gasteiger partial charge in [-0.05, 0) is 0 Å². The van der Waals surface area contributed by atoms with Crippen LogP contribution in [0.1, 0.15) is 12.8 Å². The molecule has 10 heavy (non-hydrogen) atoms. The minimum absolute atomic E-state index is 0.0462. The number of carbonyl (C=O) groups excluding carboxylic acids is 2. The lowest BCUT2D eigenvalue weighted by Crippen LogP contribution is -2.32. The highest BCUT2D eigenvalue weighted by Gasteiger charge is 2.26. The van der Waals surface area contributed by atoms with E-state index in [2.05, 4.69) is 0 Å². The summed E-state index contributed by atoms with van der Waals surface area (Å²) < 4.78 is 0. The number of hydrogen-bond acceptors (Lipinski definition) is 4. The zero-order valence-electron chi connectivity index (χ0n) is 5.23. The van der Waals surface area contributed by atoms with E-state index in [1.54, 1.807) is 0 Å². The SMILES string of the molecule is N=C1CC(=N)C(=O)C(=O)C1. The van der Waals surface area contributed by atoms with Gasteiger partial charge in [0.05, 0.1) is 12.1 Å². The molecule has 0 amide bonds. The van der Waals surface area contributed by atoms with Crippen LogP contribution in [0.3, 0.4) is 0 Å². The summed E-state index contributed by atoms with van der Waals surface area (Å²) in [5.41, 5.74) is -0.0872. The van der Waals surface area contributed by atoms with E-state index in [0.717, 1.165) is 0 Å². The zero-order valence-corrected chi connectivity index (χ0v) is 5.23. The normalized spacial score (nSPS) is 20.0. The molecule has 1 aliphatic rings. The maximum absolute atomic E-state index is 10.6. The summed E-state index contributed by atoms with van der Waals surface area (Å²) in [5.74, 6) is -1.35. The summed E-state index contributed by atoms with van der Waals surface area (Å²) in [6, 6.07) is 0. The fourth-order valence-corrected chi connectivity index (χ4v) is 0.799. The summed E-state index contributed by atoms with van der Waals surface area (Å²) in [6.45, 7) is 0. The molecular weight excluding hydrogens is 132 g/mol. The van der Waals surface area contributed by atoms with Gasteiger partial charge in [0.25, 0.3) is 0 Å². The van der Waals surface area contributed by atoms with Crippen LogP contribution >= 0.6 is 0 Å². The fourth-order valence-electron chi connectivity index (χ4n) is 0.799. The van der Waals surface area contributed by atoms with E-state index >= 15 is 0 Å². The third-order valence-electron chi connectivity index (χ3n) is 1.29. The van der Waals surface area contributed by atoms with Crippen molar-refractivity contribution in [2.24, 2.45) is 0 Å². The van der Waals surface area contributed by atoms with Gasteiger partial charge < -0.3 is 10.8 Å². The van der Waals surface area contributed by atoms with Gasteiger partial charge in [0.15, 0.2) is 0 Å². The van der Waals surface area contributed by atoms with Crippen molar-refractivity contribution in [2.75, 3.05) is 0 Å². The van der Waals surface area contributed by atoms with E-state index in [1.165, 1.54) is 0 Å². The molecule has 4 heteroatoms. The van der Waals surface area contributed by atoms with Crippen molar-refractivity contribution in [2.45, 2.75) is 12.8 Å². The summed E-state index contributed by atoms with van der Waals surface area (Å²) in [4.78, 5) is 21.2. The van der Waals surface area contributed by atoms with Gasteiger partial charge in [0.1, 0.15) is 0 Å². The van der Waals surface area contributed by atoms with E-state index in [1.807, 2.05) is 0 Å². The molecule has 0 saturated heterocycles. The van der Waals surface area contributed by atoms with Crippen LogP contribution in [0.5, 0.6) is 0 Å². The summed E-state index contributed by atoms with van der Waals surface area (Å²) in [5, 5.41) is 14.0. The molecule has 1 rings (SSSR count). The average molecular weight is 138 g/mol. The average Bonchev–Trinajstić information content (AvgIpc) is 1.82. The third-order valence-corrected chi connectivity index (χ3v) is 1.29. The Bertz CT molecular complexity index is 220. The predicted molar refractivity (Wildman–Crippen MR) is 34.7 cm³/mol. The van der Waals surface area contributed by atoms with E-state index in [-0.39, 0.29) is 24.3 Å². The van der Waals surface area contributed by atoms with Gasteiger partial charge in [-0.3, -0.25) is 9.59 Å². The Morgan fingerprint density at radius 3 is 2.20 bits per heavy atom. The first kappa shape index (κ1) is 6.80. The highest BCUT2D eigenvalue weighted by molar-refractivity contribution is 6.69. The lowest BCUT2D eigenvalue weighted by atomic mass is 9.94. The molecule has 4 nitrogen and oxygen atoms in total. The standard InChI is InChI=1S/C6H6N2O2/c7-3-1-4(8)6(10)5(9)2-3/h7-8H,1-2H2. The molecule has 0 radical (unpaired) electrons.